The lowest BCUT2D eigenvalue weighted by Crippen LogP contribution is -2.43. The highest BCUT2D eigenvalue weighted by Gasteiger charge is 2.39. The Morgan fingerprint density at radius 1 is 1.27 bits per heavy atom. The molecule has 0 saturated heterocycles. The zero-order valence-corrected chi connectivity index (χ0v) is 10.1. The van der Waals surface area contributed by atoms with E-state index < -0.39 is 0 Å². The molecule has 0 unspecified atom stereocenters. The Hall–Kier alpha value is -0.0800. The largest absolute Gasteiger partial charge is 0.395 e. The fourth-order valence-electron chi connectivity index (χ4n) is 3.52. The van der Waals surface area contributed by atoms with E-state index in [4.69, 9.17) is 0 Å². The van der Waals surface area contributed by atoms with Crippen molar-refractivity contribution in [3.63, 3.8) is 0 Å². The lowest BCUT2D eigenvalue weighted by Gasteiger charge is -2.28. The Morgan fingerprint density at radius 2 is 2.07 bits per heavy atom. The molecule has 0 aromatic rings. The van der Waals surface area contributed by atoms with Crippen molar-refractivity contribution in [2.75, 3.05) is 6.61 Å². The van der Waals surface area contributed by atoms with Crippen LogP contribution in [0.4, 0.5) is 0 Å². The standard InChI is InChI=1S/C13H25NO/c1-9(2)5-12(8-15)14-13-7-10-3-4-11(13)6-10/h9-15H,3-8H2,1-2H3/t10-,11-,12+,13-/m1/s1. The van der Waals surface area contributed by atoms with E-state index in [1.807, 2.05) is 0 Å². The molecule has 4 atom stereocenters. The number of hydrogen-bond acceptors (Lipinski definition) is 2. The molecule has 2 rings (SSSR count). The summed E-state index contributed by atoms with van der Waals surface area (Å²) < 4.78 is 0. The maximum Gasteiger partial charge on any atom is 0.0584 e. The second-order valence-corrected chi connectivity index (χ2v) is 5.96. The number of rotatable bonds is 5. The van der Waals surface area contributed by atoms with Crippen LogP contribution in [0.3, 0.4) is 0 Å². The molecule has 0 heterocycles. The first-order chi connectivity index (χ1) is 7.19. The lowest BCUT2D eigenvalue weighted by atomic mass is 9.93. The van der Waals surface area contributed by atoms with E-state index in [9.17, 15) is 5.11 Å². The first-order valence-electron chi connectivity index (χ1n) is 6.56. The van der Waals surface area contributed by atoms with Gasteiger partial charge in [0.1, 0.15) is 0 Å². The van der Waals surface area contributed by atoms with Crippen molar-refractivity contribution < 1.29 is 5.11 Å². The Kier molecular flexibility index (Phi) is 3.68. The van der Waals surface area contributed by atoms with Crippen LogP contribution in [0.5, 0.6) is 0 Å². The fraction of sp³-hybridized carbons (Fsp3) is 1.00. The number of fused-ring (bicyclic) bond motifs is 2. The molecule has 2 aliphatic rings. The van der Waals surface area contributed by atoms with Crippen molar-refractivity contribution in [2.45, 2.75) is 58.0 Å². The van der Waals surface area contributed by atoms with Crippen molar-refractivity contribution in [1.29, 1.82) is 0 Å². The van der Waals surface area contributed by atoms with Gasteiger partial charge in [-0.05, 0) is 43.4 Å². The Morgan fingerprint density at radius 3 is 2.53 bits per heavy atom. The maximum atomic E-state index is 9.34. The van der Waals surface area contributed by atoms with Crippen LogP contribution in [0.15, 0.2) is 0 Å². The smallest absolute Gasteiger partial charge is 0.0584 e. The molecule has 2 fully saturated rings. The third kappa shape index (κ3) is 2.73. The van der Waals surface area contributed by atoms with Crippen molar-refractivity contribution >= 4 is 0 Å². The Bertz CT molecular complexity index is 205. The van der Waals surface area contributed by atoms with Crippen LogP contribution >= 0.6 is 0 Å². The minimum absolute atomic E-state index is 0.298. The maximum absolute atomic E-state index is 9.34. The van der Waals surface area contributed by atoms with Crippen LogP contribution in [0, 0.1) is 17.8 Å². The van der Waals surface area contributed by atoms with Crippen molar-refractivity contribution in [1.82, 2.24) is 5.32 Å². The van der Waals surface area contributed by atoms with Gasteiger partial charge in [0, 0.05) is 12.1 Å². The SMILES string of the molecule is CC(C)C[C@@H](CO)N[C@@H]1C[C@@H]2CC[C@@H]1C2. The van der Waals surface area contributed by atoms with Crippen molar-refractivity contribution in [3.8, 4) is 0 Å². The van der Waals surface area contributed by atoms with Gasteiger partial charge in [0.25, 0.3) is 0 Å². The third-order valence-corrected chi connectivity index (χ3v) is 4.16. The molecule has 0 spiro atoms. The normalized spacial score (nSPS) is 36.4. The van der Waals surface area contributed by atoms with Gasteiger partial charge < -0.3 is 10.4 Å². The van der Waals surface area contributed by atoms with E-state index in [1.165, 1.54) is 25.7 Å². The van der Waals surface area contributed by atoms with Gasteiger partial charge in [-0.15, -0.1) is 0 Å². The minimum atomic E-state index is 0.298. The molecule has 0 aliphatic heterocycles. The number of hydrogen-bond donors (Lipinski definition) is 2. The summed E-state index contributed by atoms with van der Waals surface area (Å²) in [4.78, 5) is 0. The molecule has 88 valence electrons. The van der Waals surface area contributed by atoms with Crippen LogP contribution in [0.2, 0.25) is 0 Å². The Labute approximate surface area is 93.5 Å². The predicted molar refractivity (Wildman–Crippen MR) is 62.7 cm³/mol. The fourth-order valence-corrected chi connectivity index (χ4v) is 3.52. The first-order valence-corrected chi connectivity index (χ1v) is 6.56. The van der Waals surface area contributed by atoms with Gasteiger partial charge in [-0.2, -0.15) is 0 Å². The molecular weight excluding hydrogens is 186 g/mol. The van der Waals surface area contributed by atoms with Gasteiger partial charge in [0.15, 0.2) is 0 Å². The molecule has 2 saturated carbocycles. The molecule has 2 aliphatic carbocycles. The van der Waals surface area contributed by atoms with Crippen LogP contribution in [-0.2, 0) is 0 Å². The predicted octanol–water partition coefficient (Wildman–Crippen LogP) is 2.17. The second kappa shape index (κ2) is 4.84. The van der Waals surface area contributed by atoms with Crippen molar-refractivity contribution in [2.24, 2.45) is 17.8 Å². The van der Waals surface area contributed by atoms with Gasteiger partial charge in [-0.3, -0.25) is 0 Å². The molecule has 0 radical (unpaired) electrons. The van der Waals surface area contributed by atoms with Crippen LogP contribution in [0.25, 0.3) is 0 Å². The minimum Gasteiger partial charge on any atom is -0.395 e. The second-order valence-electron chi connectivity index (χ2n) is 5.96. The van der Waals surface area contributed by atoms with Crippen LogP contribution in [-0.4, -0.2) is 23.8 Å². The Balaban J connectivity index is 1.79. The summed E-state index contributed by atoms with van der Waals surface area (Å²) in [6.45, 7) is 4.75. The summed E-state index contributed by atoms with van der Waals surface area (Å²) in [6.07, 6.45) is 6.78. The summed E-state index contributed by atoms with van der Waals surface area (Å²) in [5.74, 6) is 2.58. The summed E-state index contributed by atoms with van der Waals surface area (Å²) >= 11 is 0. The van der Waals surface area contributed by atoms with E-state index in [0.717, 1.165) is 18.3 Å². The molecular formula is C13H25NO. The molecule has 15 heavy (non-hydrogen) atoms. The molecule has 0 amide bonds. The topological polar surface area (TPSA) is 32.3 Å². The average Bonchev–Trinajstić information content (AvgIpc) is 2.77. The van der Waals surface area contributed by atoms with E-state index in [1.54, 1.807) is 0 Å². The molecule has 0 aromatic carbocycles. The van der Waals surface area contributed by atoms with Crippen LogP contribution in [0.1, 0.15) is 46.0 Å². The lowest BCUT2D eigenvalue weighted by molar-refractivity contribution is 0.197. The molecule has 2 N–H and O–H groups in total. The zero-order valence-electron chi connectivity index (χ0n) is 10.1. The van der Waals surface area contributed by atoms with E-state index in [-0.39, 0.29) is 0 Å². The van der Waals surface area contributed by atoms with Crippen LogP contribution < -0.4 is 5.32 Å². The molecule has 2 bridgehead atoms. The van der Waals surface area contributed by atoms with E-state index in [0.29, 0.717) is 24.6 Å². The molecule has 2 nitrogen and oxygen atoms in total. The van der Waals surface area contributed by atoms with E-state index >= 15 is 0 Å². The van der Waals surface area contributed by atoms with Gasteiger partial charge in [0.05, 0.1) is 6.61 Å². The molecule has 2 heteroatoms. The molecule has 0 aromatic heterocycles. The number of nitrogens with one attached hydrogen (secondary N) is 1. The highest BCUT2D eigenvalue weighted by molar-refractivity contribution is 4.95. The zero-order chi connectivity index (χ0) is 10.8. The highest BCUT2D eigenvalue weighted by atomic mass is 16.3. The summed E-state index contributed by atoms with van der Waals surface area (Å²) in [7, 11) is 0. The van der Waals surface area contributed by atoms with Crippen molar-refractivity contribution in [3.05, 3.63) is 0 Å². The van der Waals surface area contributed by atoms with E-state index in [2.05, 4.69) is 19.2 Å². The van der Waals surface area contributed by atoms with Gasteiger partial charge in [-0.25, -0.2) is 0 Å². The van der Waals surface area contributed by atoms with Gasteiger partial charge in [-0.1, -0.05) is 20.3 Å². The third-order valence-electron chi connectivity index (χ3n) is 4.16. The average molecular weight is 211 g/mol. The summed E-state index contributed by atoms with van der Waals surface area (Å²) in [5.41, 5.74) is 0. The number of aliphatic hydroxyl groups excluding tert-OH is 1. The summed E-state index contributed by atoms with van der Waals surface area (Å²) in [6, 6.07) is 1.04. The monoisotopic (exact) mass is 211 g/mol. The van der Waals surface area contributed by atoms with Gasteiger partial charge in [0.2, 0.25) is 0 Å². The number of aliphatic hydroxyl groups is 1. The first kappa shape index (κ1) is 11.4. The summed E-state index contributed by atoms with van der Waals surface area (Å²) in [5, 5.41) is 13.0. The quantitative estimate of drug-likeness (QED) is 0.730. The highest BCUT2D eigenvalue weighted by Crippen LogP contribution is 2.44. The van der Waals surface area contributed by atoms with Gasteiger partial charge >= 0.3 is 0 Å².